The summed E-state index contributed by atoms with van der Waals surface area (Å²) in [5, 5.41) is 7.40. The minimum absolute atomic E-state index is 0.0808. The second-order valence-corrected chi connectivity index (χ2v) is 5.97. The summed E-state index contributed by atoms with van der Waals surface area (Å²) in [5.74, 6) is -0.103. The summed E-state index contributed by atoms with van der Waals surface area (Å²) in [7, 11) is 1.83. The zero-order valence-electron chi connectivity index (χ0n) is 14.3. The highest BCUT2D eigenvalue weighted by Crippen LogP contribution is 2.29. The molecular weight excluding hydrogens is 319 g/mol. The van der Waals surface area contributed by atoms with Crippen LogP contribution in [0.25, 0.3) is 0 Å². The van der Waals surface area contributed by atoms with Gasteiger partial charge in [-0.1, -0.05) is 29.8 Å². The van der Waals surface area contributed by atoms with Gasteiger partial charge in [-0.15, -0.1) is 0 Å². The van der Waals surface area contributed by atoms with Crippen molar-refractivity contribution in [3.8, 4) is 5.75 Å². The van der Waals surface area contributed by atoms with Crippen LogP contribution >= 0.6 is 0 Å². The molecule has 1 aromatic heterocycles. The quantitative estimate of drug-likeness (QED) is 0.673. The lowest BCUT2D eigenvalue weighted by Gasteiger charge is -2.13. The van der Waals surface area contributed by atoms with E-state index >= 15 is 0 Å². The van der Waals surface area contributed by atoms with Crippen molar-refractivity contribution < 1.29 is 9.13 Å². The maximum atomic E-state index is 14.1. The Bertz CT molecular complexity index is 858. The number of rotatable bonds is 6. The number of ether oxygens (including phenoxy) is 1. The van der Waals surface area contributed by atoms with Gasteiger partial charge in [-0.2, -0.15) is 5.10 Å². The third-order valence-electron chi connectivity index (χ3n) is 3.86. The first kappa shape index (κ1) is 16.8. The van der Waals surface area contributed by atoms with E-state index in [0.717, 1.165) is 11.3 Å². The van der Waals surface area contributed by atoms with Crippen molar-refractivity contribution in [2.45, 2.75) is 20.1 Å². The van der Waals surface area contributed by atoms with Crippen LogP contribution in [0.15, 0.2) is 48.7 Å². The predicted octanol–water partition coefficient (Wildman–Crippen LogP) is 3.64. The lowest BCUT2D eigenvalue weighted by molar-refractivity contribution is 0.299. The molecule has 6 heteroatoms. The molecule has 3 rings (SSSR count). The van der Waals surface area contributed by atoms with E-state index in [-0.39, 0.29) is 12.3 Å². The van der Waals surface area contributed by atoms with Gasteiger partial charge in [0.05, 0.1) is 17.1 Å². The van der Waals surface area contributed by atoms with Crippen molar-refractivity contribution in [1.82, 2.24) is 9.78 Å². The lowest BCUT2D eigenvalue weighted by atomic mass is 10.1. The van der Waals surface area contributed by atoms with Gasteiger partial charge in [0.15, 0.2) is 5.82 Å². The normalized spacial score (nSPS) is 10.7. The molecule has 0 radical (unpaired) electrons. The molecule has 130 valence electrons. The van der Waals surface area contributed by atoms with E-state index in [2.05, 4.69) is 10.4 Å². The zero-order chi connectivity index (χ0) is 17.8. The molecule has 1 heterocycles. The molecule has 0 saturated heterocycles. The fourth-order valence-corrected chi connectivity index (χ4v) is 2.42. The minimum Gasteiger partial charge on any atom is -0.487 e. The highest BCUT2D eigenvalue weighted by molar-refractivity contribution is 5.69. The predicted molar refractivity (Wildman–Crippen MR) is 96.9 cm³/mol. The summed E-state index contributed by atoms with van der Waals surface area (Å²) >= 11 is 0. The maximum Gasteiger partial charge on any atom is 0.151 e. The molecule has 0 atom stereocenters. The average molecular weight is 340 g/mol. The number of nitrogens with zero attached hydrogens (tertiary/aromatic N) is 2. The van der Waals surface area contributed by atoms with Crippen molar-refractivity contribution in [1.29, 1.82) is 0 Å². The molecule has 0 aliphatic rings. The molecule has 2 aromatic carbocycles. The van der Waals surface area contributed by atoms with Crippen LogP contribution in [0.3, 0.4) is 0 Å². The molecule has 0 unspecified atom stereocenters. The molecule has 5 nitrogen and oxygen atoms in total. The van der Waals surface area contributed by atoms with Gasteiger partial charge in [-0.25, -0.2) is 4.39 Å². The van der Waals surface area contributed by atoms with E-state index < -0.39 is 5.82 Å². The van der Waals surface area contributed by atoms with Crippen molar-refractivity contribution in [2.75, 3.05) is 11.1 Å². The number of hydrogen-bond acceptors (Lipinski definition) is 4. The van der Waals surface area contributed by atoms with Crippen LogP contribution < -0.4 is 15.8 Å². The van der Waals surface area contributed by atoms with Crippen LogP contribution in [0.1, 0.15) is 16.8 Å². The Morgan fingerprint density at radius 2 is 1.96 bits per heavy atom. The number of benzene rings is 2. The number of nitrogen functional groups attached to an aromatic ring is 1. The van der Waals surface area contributed by atoms with Crippen molar-refractivity contribution >= 4 is 11.4 Å². The van der Waals surface area contributed by atoms with Gasteiger partial charge in [0.2, 0.25) is 0 Å². The molecule has 3 aromatic rings. The second-order valence-electron chi connectivity index (χ2n) is 5.97. The number of aromatic nitrogens is 2. The summed E-state index contributed by atoms with van der Waals surface area (Å²) < 4.78 is 21.4. The number of nitrogens with one attached hydrogen (secondary N) is 1. The van der Waals surface area contributed by atoms with Crippen LogP contribution in [0, 0.1) is 12.7 Å². The van der Waals surface area contributed by atoms with E-state index in [1.807, 2.05) is 50.5 Å². The molecule has 25 heavy (non-hydrogen) atoms. The first-order valence-electron chi connectivity index (χ1n) is 8.01. The number of aryl methyl sites for hydroxylation is 2. The largest absolute Gasteiger partial charge is 0.487 e. The van der Waals surface area contributed by atoms with Gasteiger partial charge in [0, 0.05) is 31.9 Å². The number of nitrogens with two attached hydrogens (primary N) is 1. The van der Waals surface area contributed by atoms with Gasteiger partial charge in [0.25, 0.3) is 0 Å². The van der Waals surface area contributed by atoms with Crippen molar-refractivity contribution in [3.05, 3.63) is 71.3 Å². The molecule has 0 fully saturated rings. The summed E-state index contributed by atoms with van der Waals surface area (Å²) in [4.78, 5) is 0. The Labute approximate surface area is 146 Å². The van der Waals surface area contributed by atoms with E-state index in [1.54, 1.807) is 10.7 Å². The van der Waals surface area contributed by atoms with Gasteiger partial charge >= 0.3 is 0 Å². The maximum absolute atomic E-state index is 14.1. The first-order chi connectivity index (χ1) is 12.0. The van der Waals surface area contributed by atoms with Crippen molar-refractivity contribution in [2.24, 2.45) is 7.05 Å². The molecule has 0 amide bonds. The van der Waals surface area contributed by atoms with Crippen LogP contribution in [-0.4, -0.2) is 9.78 Å². The second kappa shape index (κ2) is 7.25. The van der Waals surface area contributed by atoms with Crippen LogP contribution in [0.5, 0.6) is 5.75 Å². The summed E-state index contributed by atoms with van der Waals surface area (Å²) in [5.41, 5.74) is 9.49. The Morgan fingerprint density at radius 3 is 2.64 bits per heavy atom. The van der Waals surface area contributed by atoms with Crippen LogP contribution in [0.2, 0.25) is 0 Å². The Balaban J connectivity index is 1.70. The monoisotopic (exact) mass is 340 g/mol. The molecule has 0 aliphatic carbocycles. The molecule has 0 saturated carbocycles. The van der Waals surface area contributed by atoms with Crippen LogP contribution in [0.4, 0.5) is 15.8 Å². The number of anilines is 2. The summed E-state index contributed by atoms with van der Waals surface area (Å²) in [6, 6.07) is 13.0. The van der Waals surface area contributed by atoms with Gasteiger partial charge in [-0.3, -0.25) is 4.68 Å². The smallest absolute Gasteiger partial charge is 0.151 e. The molecule has 3 N–H and O–H groups in total. The zero-order valence-corrected chi connectivity index (χ0v) is 14.3. The average Bonchev–Trinajstić information content (AvgIpc) is 3.01. The molecule has 0 bridgehead atoms. The van der Waals surface area contributed by atoms with E-state index in [0.29, 0.717) is 18.0 Å². The molecular formula is C19H21FN4O. The molecule has 0 spiro atoms. The van der Waals surface area contributed by atoms with Gasteiger partial charge < -0.3 is 15.8 Å². The van der Waals surface area contributed by atoms with E-state index in [9.17, 15) is 4.39 Å². The van der Waals surface area contributed by atoms with Gasteiger partial charge in [-0.05, 0) is 18.6 Å². The fourth-order valence-electron chi connectivity index (χ4n) is 2.42. The summed E-state index contributed by atoms with van der Waals surface area (Å²) in [6.45, 7) is 2.85. The highest BCUT2D eigenvalue weighted by Gasteiger charge is 2.10. The lowest BCUT2D eigenvalue weighted by Crippen LogP contribution is -2.05. The minimum atomic E-state index is -0.509. The standard InChI is InChI=1S/C19H21FN4O/c1-13-3-5-14(6-4-13)11-22-18-10-16(9-17(20)19(18)21)25-12-15-7-8-24(2)23-15/h3-10,22H,11-12,21H2,1-2H3. The van der Waals surface area contributed by atoms with E-state index in [1.165, 1.54) is 11.6 Å². The van der Waals surface area contributed by atoms with Crippen LogP contribution in [-0.2, 0) is 20.2 Å². The Morgan fingerprint density at radius 1 is 1.20 bits per heavy atom. The topological polar surface area (TPSA) is 65.1 Å². The first-order valence-corrected chi connectivity index (χ1v) is 8.01. The van der Waals surface area contributed by atoms with Gasteiger partial charge in [0.1, 0.15) is 12.4 Å². The SMILES string of the molecule is Cc1ccc(CNc2cc(OCc3ccn(C)n3)cc(F)c2N)cc1. The number of halogens is 1. The number of hydrogen-bond donors (Lipinski definition) is 2. The third-order valence-corrected chi connectivity index (χ3v) is 3.86. The Hall–Kier alpha value is -3.02. The van der Waals surface area contributed by atoms with Crippen molar-refractivity contribution in [3.63, 3.8) is 0 Å². The fraction of sp³-hybridized carbons (Fsp3) is 0.211. The van der Waals surface area contributed by atoms with E-state index in [4.69, 9.17) is 10.5 Å². The Kier molecular flexibility index (Phi) is 4.88. The molecule has 0 aliphatic heterocycles. The highest BCUT2D eigenvalue weighted by atomic mass is 19.1. The third kappa shape index (κ3) is 4.29. The summed E-state index contributed by atoms with van der Waals surface area (Å²) in [6.07, 6.45) is 1.83.